The molecular weight excluding hydrogens is 209 g/mol. The molecule has 16 heavy (non-hydrogen) atoms. The molecule has 0 saturated heterocycles. The van der Waals surface area contributed by atoms with Crippen molar-refractivity contribution in [3.8, 4) is 0 Å². The third kappa shape index (κ3) is 3.20. The molecule has 0 atom stereocenters. The Balaban J connectivity index is 2.98. The van der Waals surface area contributed by atoms with Crippen LogP contribution in [0.2, 0.25) is 0 Å². The fraction of sp³-hybridized carbons (Fsp3) is 0.364. The third-order valence-corrected chi connectivity index (χ3v) is 2.16. The van der Waals surface area contributed by atoms with Crippen molar-refractivity contribution in [1.29, 1.82) is 0 Å². The Bertz CT molecular complexity index is 391. The predicted octanol–water partition coefficient (Wildman–Crippen LogP) is 1.42. The van der Waals surface area contributed by atoms with Gasteiger partial charge in [0.1, 0.15) is 5.82 Å². The quantitative estimate of drug-likeness (QED) is 0.314. The zero-order valence-corrected chi connectivity index (χ0v) is 9.37. The summed E-state index contributed by atoms with van der Waals surface area (Å²) in [7, 11) is 0. The molecule has 0 aliphatic heterocycles. The van der Waals surface area contributed by atoms with E-state index in [1.54, 1.807) is 6.07 Å². The molecule has 4 nitrogen and oxygen atoms in total. The van der Waals surface area contributed by atoms with Crippen LogP contribution in [-0.2, 0) is 6.54 Å². The van der Waals surface area contributed by atoms with Crippen LogP contribution in [0.5, 0.6) is 0 Å². The van der Waals surface area contributed by atoms with Crippen LogP contribution in [0.15, 0.2) is 23.4 Å². The molecule has 88 valence electrons. The second-order valence-corrected chi connectivity index (χ2v) is 3.82. The number of nitrogens with one attached hydrogen (secondary N) is 1. The molecule has 1 aromatic carbocycles. The van der Waals surface area contributed by atoms with Gasteiger partial charge in [-0.25, -0.2) is 4.39 Å². The normalized spacial score (nSPS) is 12.1. The molecule has 0 aliphatic rings. The minimum atomic E-state index is -0.408. The maximum Gasteiger partial charge on any atom is 0.170 e. The van der Waals surface area contributed by atoms with Crippen LogP contribution < -0.4 is 11.1 Å². The minimum absolute atomic E-state index is 0.0833. The molecule has 0 aromatic heterocycles. The SMILES string of the molecule is CC(C)NCc1ccc(F)cc1C(N)=NO. The first-order valence-corrected chi connectivity index (χ1v) is 5.04. The van der Waals surface area contributed by atoms with Crippen LogP contribution in [0, 0.1) is 5.82 Å². The summed E-state index contributed by atoms with van der Waals surface area (Å²) >= 11 is 0. The average Bonchev–Trinajstić information content (AvgIpc) is 2.26. The molecule has 0 aliphatic carbocycles. The predicted molar refractivity (Wildman–Crippen MR) is 60.9 cm³/mol. The third-order valence-electron chi connectivity index (χ3n) is 2.16. The molecule has 0 fully saturated rings. The highest BCUT2D eigenvalue weighted by Gasteiger charge is 2.08. The van der Waals surface area contributed by atoms with E-state index in [1.807, 2.05) is 13.8 Å². The molecule has 0 saturated carbocycles. The van der Waals surface area contributed by atoms with E-state index < -0.39 is 5.82 Å². The molecular formula is C11H16FN3O. The van der Waals surface area contributed by atoms with Crippen molar-refractivity contribution < 1.29 is 9.60 Å². The highest BCUT2D eigenvalue weighted by atomic mass is 19.1. The van der Waals surface area contributed by atoms with Gasteiger partial charge in [0.25, 0.3) is 0 Å². The van der Waals surface area contributed by atoms with Crippen LogP contribution in [0.4, 0.5) is 4.39 Å². The van der Waals surface area contributed by atoms with Gasteiger partial charge in [0.15, 0.2) is 5.84 Å². The summed E-state index contributed by atoms with van der Waals surface area (Å²) in [6.45, 7) is 4.56. The smallest absolute Gasteiger partial charge is 0.170 e. The Morgan fingerprint density at radius 3 is 2.81 bits per heavy atom. The van der Waals surface area contributed by atoms with Gasteiger partial charge >= 0.3 is 0 Å². The summed E-state index contributed by atoms with van der Waals surface area (Å²) in [5.74, 6) is -0.491. The van der Waals surface area contributed by atoms with Crippen molar-refractivity contribution >= 4 is 5.84 Å². The molecule has 0 bridgehead atoms. The Labute approximate surface area is 94.0 Å². The number of amidine groups is 1. The lowest BCUT2D eigenvalue weighted by Crippen LogP contribution is -2.24. The van der Waals surface area contributed by atoms with E-state index in [4.69, 9.17) is 10.9 Å². The lowest BCUT2D eigenvalue weighted by Gasteiger charge is -2.11. The summed E-state index contributed by atoms with van der Waals surface area (Å²) in [5, 5.41) is 14.7. The standard InChI is InChI=1S/C11H16FN3O/c1-7(2)14-6-8-3-4-9(12)5-10(8)11(13)15-16/h3-5,7,14,16H,6H2,1-2H3,(H2,13,15). The molecule has 1 aromatic rings. The van der Waals surface area contributed by atoms with Gasteiger partial charge in [-0.3, -0.25) is 0 Å². The molecule has 4 N–H and O–H groups in total. The first kappa shape index (κ1) is 12.4. The maximum absolute atomic E-state index is 13.0. The number of oxime groups is 1. The van der Waals surface area contributed by atoms with Gasteiger partial charge in [0, 0.05) is 18.2 Å². The monoisotopic (exact) mass is 225 g/mol. The molecule has 0 spiro atoms. The van der Waals surface area contributed by atoms with Crippen LogP contribution in [0.3, 0.4) is 0 Å². The summed E-state index contributed by atoms with van der Waals surface area (Å²) in [6, 6.07) is 4.54. The van der Waals surface area contributed by atoms with Crippen molar-refractivity contribution in [2.45, 2.75) is 26.4 Å². The van der Waals surface area contributed by atoms with E-state index in [-0.39, 0.29) is 5.84 Å². The molecule has 0 radical (unpaired) electrons. The lowest BCUT2D eigenvalue weighted by molar-refractivity contribution is 0.318. The van der Waals surface area contributed by atoms with Crippen molar-refractivity contribution in [3.63, 3.8) is 0 Å². The number of nitrogens with two attached hydrogens (primary N) is 1. The molecule has 0 unspecified atom stereocenters. The van der Waals surface area contributed by atoms with E-state index in [0.717, 1.165) is 5.56 Å². The summed E-state index contributed by atoms with van der Waals surface area (Å²) < 4.78 is 13.0. The zero-order valence-electron chi connectivity index (χ0n) is 9.37. The van der Waals surface area contributed by atoms with Gasteiger partial charge in [-0.2, -0.15) is 0 Å². The van der Waals surface area contributed by atoms with Crippen molar-refractivity contribution in [2.75, 3.05) is 0 Å². The van der Waals surface area contributed by atoms with E-state index in [2.05, 4.69) is 10.5 Å². The first-order valence-electron chi connectivity index (χ1n) is 5.04. The van der Waals surface area contributed by atoms with E-state index in [1.165, 1.54) is 12.1 Å². The van der Waals surface area contributed by atoms with Crippen LogP contribution >= 0.6 is 0 Å². The van der Waals surface area contributed by atoms with Gasteiger partial charge < -0.3 is 16.3 Å². The zero-order chi connectivity index (χ0) is 12.1. The average molecular weight is 225 g/mol. The van der Waals surface area contributed by atoms with Gasteiger partial charge in [-0.15, -0.1) is 0 Å². The summed E-state index contributed by atoms with van der Waals surface area (Å²) in [5.41, 5.74) is 6.69. The maximum atomic E-state index is 13.0. The Morgan fingerprint density at radius 1 is 1.56 bits per heavy atom. The lowest BCUT2D eigenvalue weighted by atomic mass is 10.1. The highest BCUT2D eigenvalue weighted by Crippen LogP contribution is 2.11. The number of benzene rings is 1. The summed E-state index contributed by atoms with van der Waals surface area (Å²) in [6.07, 6.45) is 0. The number of rotatable bonds is 4. The molecule has 1 rings (SSSR count). The van der Waals surface area contributed by atoms with Crippen molar-refractivity contribution in [2.24, 2.45) is 10.9 Å². The van der Waals surface area contributed by atoms with Crippen LogP contribution in [0.1, 0.15) is 25.0 Å². The number of hydrogen-bond acceptors (Lipinski definition) is 3. The highest BCUT2D eigenvalue weighted by molar-refractivity contribution is 5.98. The minimum Gasteiger partial charge on any atom is -0.409 e. The fourth-order valence-electron chi connectivity index (χ4n) is 1.31. The number of halogens is 1. The number of hydrogen-bond donors (Lipinski definition) is 3. The van der Waals surface area contributed by atoms with Crippen molar-refractivity contribution in [3.05, 3.63) is 35.1 Å². The van der Waals surface area contributed by atoms with Gasteiger partial charge in [0.05, 0.1) is 0 Å². The van der Waals surface area contributed by atoms with Crippen LogP contribution in [-0.4, -0.2) is 17.1 Å². The van der Waals surface area contributed by atoms with Crippen molar-refractivity contribution in [1.82, 2.24) is 5.32 Å². The van der Waals surface area contributed by atoms with E-state index in [9.17, 15) is 4.39 Å². The Morgan fingerprint density at radius 2 is 2.25 bits per heavy atom. The number of nitrogens with zero attached hydrogens (tertiary/aromatic N) is 1. The molecule has 0 amide bonds. The topological polar surface area (TPSA) is 70.6 Å². The molecule has 0 heterocycles. The van der Waals surface area contributed by atoms with Gasteiger partial charge in [0.2, 0.25) is 0 Å². The molecule has 5 heteroatoms. The van der Waals surface area contributed by atoms with Crippen LogP contribution in [0.25, 0.3) is 0 Å². The van der Waals surface area contributed by atoms with Gasteiger partial charge in [-0.05, 0) is 17.7 Å². The second kappa shape index (κ2) is 5.46. The first-order chi connectivity index (χ1) is 7.54. The summed E-state index contributed by atoms with van der Waals surface area (Å²) in [4.78, 5) is 0. The largest absolute Gasteiger partial charge is 0.409 e. The van der Waals surface area contributed by atoms with Gasteiger partial charge in [-0.1, -0.05) is 25.1 Å². The van der Waals surface area contributed by atoms with E-state index in [0.29, 0.717) is 18.2 Å². The Hall–Kier alpha value is -1.62. The Kier molecular flexibility index (Phi) is 4.25. The fourth-order valence-corrected chi connectivity index (χ4v) is 1.31. The second-order valence-electron chi connectivity index (χ2n) is 3.82. The van der Waals surface area contributed by atoms with E-state index >= 15 is 0 Å².